The number of thiophene rings is 1. The van der Waals surface area contributed by atoms with Crippen LogP contribution < -0.4 is 4.90 Å². The van der Waals surface area contributed by atoms with Crippen molar-refractivity contribution in [1.82, 2.24) is 4.57 Å². The summed E-state index contributed by atoms with van der Waals surface area (Å²) >= 11 is 1.95. The van der Waals surface area contributed by atoms with Gasteiger partial charge in [-0.05, 0) is 129 Å². The largest absolute Gasteiger partial charge is 0.310 e. The summed E-state index contributed by atoms with van der Waals surface area (Å²) in [4.78, 5) is 3.90. The third-order valence-corrected chi connectivity index (χ3v) is 15.1. The molecule has 13 rings (SSSR count). The molecule has 0 amide bonds. The monoisotopic (exact) mass is 898 g/mol. The molecule has 0 unspecified atom stereocenters. The molecule has 10 aromatic carbocycles. The maximum Gasteiger partial charge on any atom is 0.0555 e. The minimum Gasteiger partial charge on any atom is -0.310 e. The summed E-state index contributed by atoms with van der Waals surface area (Å²) in [6.45, 7) is 0. The van der Waals surface area contributed by atoms with E-state index in [1.807, 2.05) is 11.3 Å². The second-order valence-corrected chi connectivity index (χ2v) is 19.1. The maximum atomic E-state index is 2.51. The first kappa shape index (κ1) is 40.7. The fourth-order valence-electron chi connectivity index (χ4n) is 10.6. The smallest absolute Gasteiger partial charge is 0.0555 e. The molecule has 0 saturated heterocycles. The van der Waals surface area contributed by atoms with Crippen molar-refractivity contribution >= 4 is 66.4 Å². The average Bonchev–Trinajstić information content (AvgIpc) is 3.98. The molecular formula is C66H46N2S. The number of aryl methyl sites for hydroxylation is 1. The zero-order valence-corrected chi connectivity index (χ0v) is 38.8. The second-order valence-electron chi connectivity index (χ2n) is 17.9. The number of hydrogen-bond acceptors (Lipinski definition) is 2. The van der Waals surface area contributed by atoms with Crippen molar-refractivity contribution in [3.8, 4) is 61.3 Å². The molecule has 0 saturated carbocycles. The molecule has 0 fully saturated rings. The van der Waals surface area contributed by atoms with Gasteiger partial charge in [0.25, 0.3) is 0 Å². The Morgan fingerprint density at radius 2 is 0.899 bits per heavy atom. The van der Waals surface area contributed by atoms with E-state index < -0.39 is 0 Å². The Balaban J connectivity index is 0.924. The Bertz CT molecular complexity index is 3860. The third kappa shape index (κ3) is 7.27. The Morgan fingerprint density at radius 3 is 1.58 bits per heavy atom. The van der Waals surface area contributed by atoms with E-state index in [1.54, 1.807) is 0 Å². The Hall–Kier alpha value is -8.50. The molecule has 0 aliphatic heterocycles. The van der Waals surface area contributed by atoms with E-state index in [9.17, 15) is 0 Å². The molecule has 2 aromatic heterocycles. The molecule has 2 heterocycles. The molecule has 1 aliphatic rings. The summed E-state index contributed by atoms with van der Waals surface area (Å²) in [6, 6.07) is 88.7. The van der Waals surface area contributed by atoms with Crippen LogP contribution in [0.3, 0.4) is 0 Å². The summed E-state index contributed by atoms with van der Waals surface area (Å²) in [5.74, 6) is 0. The minimum atomic E-state index is 1.09. The number of anilines is 3. The zero-order chi connectivity index (χ0) is 45.7. The molecule has 12 aromatic rings. The molecule has 0 spiro atoms. The first-order chi connectivity index (χ1) is 34.2. The SMILES string of the molecule is C1=Cc2c(sc3cccc(-n4c5ccccc5c5c(-c6cccc(-c7ccccc7N(c7ccc(-c8ccccc8)cc7)c7ccc(-c8ccc(-c9ccccc9)cc8)cc7)c6)cccc54)c23)CC1. The lowest BCUT2D eigenvalue weighted by atomic mass is 9.94. The molecule has 1 aliphatic carbocycles. The lowest BCUT2D eigenvalue weighted by Crippen LogP contribution is -2.11. The fourth-order valence-corrected chi connectivity index (χ4v) is 11.8. The van der Waals surface area contributed by atoms with Gasteiger partial charge in [-0.25, -0.2) is 0 Å². The van der Waals surface area contributed by atoms with Gasteiger partial charge >= 0.3 is 0 Å². The van der Waals surface area contributed by atoms with Gasteiger partial charge in [0.2, 0.25) is 0 Å². The van der Waals surface area contributed by atoms with E-state index in [2.05, 4.69) is 264 Å². The van der Waals surface area contributed by atoms with Gasteiger partial charge in [-0.3, -0.25) is 0 Å². The van der Waals surface area contributed by atoms with E-state index >= 15 is 0 Å². The predicted molar refractivity (Wildman–Crippen MR) is 295 cm³/mol. The summed E-state index contributed by atoms with van der Waals surface area (Å²) < 4.78 is 3.86. The van der Waals surface area contributed by atoms with Crippen molar-refractivity contribution in [1.29, 1.82) is 0 Å². The molecule has 0 radical (unpaired) electrons. The van der Waals surface area contributed by atoms with Crippen molar-refractivity contribution in [2.24, 2.45) is 0 Å². The van der Waals surface area contributed by atoms with Crippen molar-refractivity contribution in [3.05, 3.63) is 259 Å². The Morgan fingerprint density at radius 1 is 0.391 bits per heavy atom. The van der Waals surface area contributed by atoms with E-state index in [4.69, 9.17) is 0 Å². The topological polar surface area (TPSA) is 8.17 Å². The van der Waals surface area contributed by atoms with Crippen molar-refractivity contribution in [3.63, 3.8) is 0 Å². The number of fused-ring (bicyclic) bond motifs is 6. The maximum absolute atomic E-state index is 2.51. The van der Waals surface area contributed by atoms with Crippen LogP contribution in [-0.4, -0.2) is 4.57 Å². The van der Waals surface area contributed by atoms with Crippen LogP contribution in [0.2, 0.25) is 0 Å². The molecule has 0 atom stereocenters. The van der Waals surface area contributed by atoms with Gasteiger partial charge in [0.15, 0.2) is 0 Å². The Labute approximate surface area is 407 Å². The van der Waals surface area contributed by atoms with E-state index in [1.165, 1.54) is 92.5 Å². The lowest BCUT2D eigenvalue weighted by molar-refractivity contribution is 1.01. The van der Waals surface area contributed by atoms with Gasteiger partial charge in [0, 0.05) is 42.7 Å². The van der Waals surface area contributed by atoms with Gasteiger partial charge < -0.3 is 9.47 Å². The summed E-state index contributed by atoms with van der Waals surface area (Å²) in [5, 5.41) is 3.88. The number of para-hydroxylation sites is 2. The van der Waals surface area contributed by atoms with Gasteiger partial charge in [-0.1, -0.05) is 194 Å². The quantitative estimate of drug-likeness (QED) is 0.140. The highest BCUT2D eigenvalue weighted by Gasteiger charge is 2.22. The summed E-state index contributed by atoms with van der Waals surface area (Å²) in [5.41, 5.74) is 20.3. The van der Waals surface area contributed by atoms with Gasteiger partial charge in [0.05, 0.1) is 22.4 Å². The number of allylic oxidation sites excluding steroid dienone is 1. The highest BCUT2D eigenvalue weighted by molar-refractivity contribution is 7.19. The summed E-state index contributed by atoms with van der Waals surface area (Å²) in [6.07, 6.45) is 6.91. The molecule has 0 bridgehead atoms. The number of hydrogen-bond donors (Lipinski definition) is 0. The number of nitrogens with zero attached hydrogens (tertiary/aromatic N) is 2. The normalized spacial score (nSPS) is 12.2. The van der Waals surface area contributed by atoms with Gasteiger partial charge in [0.1, 0.15) is 0 Å². The van der Waals surface area contributed by atoms with Crippen LogP contribution in [0, 0.1) is 0 Å². The number of aromatic nitrogens is 1. The van der Waals surface area contributed by atoms with Crippen LogP contribution in [-0.2, 0) is 6.42 Å². The van der Waals surface area contributed by atoms with Crippen LogP contribution in [0.15, 0.2) is 249 Å². The van der Waals surface area contributed by atoms with Gasteiger partial charge in [-0.15, -0.1) is 11.3 Å². The van der Waals surface area contributed by atoms with E-state index in [0.29, 0.717) is 0 Å². The highest BCUT2D eigenvalue weighted by Crippen LogP contribution is 2.46. The molecule has 0 N–H and O–H groups in total. The van der Waals surface area contributed by atoms with Crippen LogP contribution >= 0.6 is 11.3 Å². The highest BCUT2D eigenvalue weighted by atomic mass is 32.1. The minimum absolute atomic E-state index is 1.09. The lowest BCUT2D eigenvalue weighted by Gasteiger charge is -2.28. The van der Waals surface area contributed by atoms with E-state index in [-0.39, 0.29) is 0 Å². The second kappa shape index (κ2) is 17.3. The van der Waals surface area contributed by atoms with Crippen LogP contribution in [0.25, 0.3) is 99.3 Å². The fraction of sp³-hybridized carbons (Fsp3) is 0.0303. The van der Waals surface area contributed by atoms with Crippen molar-refractivity contribution < 1.29 is 0 Å². The Kier molecular flexibility index (Phi) is 10.2. The molecule has 2 nitrogen and oxygen atoms in total. The third-order valence-electron chi connectivity index (χ3n) is 13.9. The standard InChI is InChI=1S/C66H46N2S/c1-3-16-45(17-4-1)47-32-34-48(35-33-47)50-38-42-54(43-39-50)67(53-40-36-49(37-41-53)46-18-5-2-6-19-46)59-26-10-7-22-55(59)51-20-13-21-52(44-51)56-25-14-28-61-65(56)57-23-8-11-27-60(57)68(61)62-29-15-31-64-66(62)58-24-9-12-30-63(58)69-64/h1-11,13-29,31-44H,12,30H2. The molecule has 69 heavy (non-hydrogen) atoms. The zero-order valence-electron chi connectivity index (χ0n) is 38.0. The molecule has 326 valence electrons. The van der Waals surface area contributed by atoms with Crippen LogP contribution in [0.5, 0.6) is 0 Å². The molecular weight excluding hydrogens is 853 g/mol. The molecule has 3 heteroatoms. The number of benzene rings is 10. The summed E-state index contributed by atoms with van der Waals surface area (Å²) in [7, 11) is 0. The van der Waals surface area contributed by atoms with Crippen LogP contribution in [0.1, 0.15) is 16.9 Å². The van der Waals surface area contributed by atoms with Crippen molar-refractivity contribution in [2.45, 2.75) is 12.8 Å². The predicted octanol–water partition coefficient (Wildman–Crippen LogP) is 18.8. The first-order valence-electron chi connectivity index (χ1n) is 23.9. The van der Waals surface area contributed by atoms with Crippen molar-refractivity contribution in [2.75, 3.05) is 4.90 Å². The average molecular weight is 899 g/mol. The van der Waals surface area contributed by atoms with Gasteiger partial charge in [-0.2, -0.15) is 0 Å². The van der Waals surface area contributed by atoms with Crippen LogP contribution in [0.4, 0.5) is 17.1 Å². The number of rotatable bonds is 9. The van der Waals surface area contributed by atoms with E-state index in [0.717, 1.165) is 41.0 Å². The first-order valence-corrected chi connectivity index (χ1v) is 24.7.